The Hall–Kier alpha value is -3.42. The van der Waals surface area contributed by atoms with Crippen molar-refractivity contribution in [1.29, 1.82) is 0 Å². The first-order valence-corrected chi connectivity index (χ1v) is 14.0. The molecule has 1 saturated heterocycles. The summed E-state index contributed by atoms with van der Waals surface area (Å²) < 4.78 is 13.1. The molecule has 1 aromatic heterocycles. The maximum absolute atomic E-state index is 13.1. The highest BCUT2D eigenvalue weighted by molar-refractivity contribution is 7.98. The zero-order valence-electron chi connectivity index (χ0n) is 20.8. The number of anilines is 2. The Balaban J connectivity index is 1.14. The molecule has 1 amide bonds. The van der Waals surface area contributed by atoms with Gasteiger partial charge in [-0.1, -0.05) is 65.8 Å². The van der Waals surface area contributed by atoms with Crippen LogP contribution in [0.2, 0.25) is 5.15 Å². The third-order valence-electron chi connectivity index (χ3n) is 6.65. The molecule has 0 atom stereocenters. The molecule has 38 heavy (non-hydrogen) atoms. The van der Waals surface area contributed by atoms with Crippen LogP contribution in [0.5, 0.6) is 0 Å². The summed E-state index contributed by atoms with van der Waals surface area (Å²) in [6.45, 7) is 1.91. The summed E-state index contributed by atoms with van der Waals surface area (Å²) in [6.07, 6.45) is 3.37. The first-order chi connectivity index (χ1) is 18.5. The first kappa shape index (κ1) is 26.2. The molecule has 1 fully saturated rings. The van der Waals surface area contributed by atoms with Crippen LogP contribution in [0.1, 0.15) is 34.3 Å². The normalized spacial score (nSPS) is 13.9. The van der Waals surface area contributed by atoms with Gasteiger partial charge in [0.1, 0.15) is 16.8 Å². The van der Waals surface area contributed by atoms with Crippen LogP contribution in [-0.4, -0.2) is 29.0 Å². The van der Waals surface area contributed by atoms with Gasteiger partial charge in [0.25, 0.3) is 5.91 Å². The number of hydrogen-bond acceptors (Lipinski definition) is 5. The van der Waals surface area contributed by atoms with Crippen LogP contribution in [-0.2, 0) is 12.2 Å². The van der Waals surface area contributed by atoms with Gasteiger partial charge in [0.2, 0.25) is 0 Å². The summed E-state index contributed by atoms with van der Waals surface area (Å²) in [7, 11) is 0. The van der Waals surface area contributed by atoms with Crippen molar-refractivity contribution in [3.05, 3.63) is 113 Å². The standard InChI is InChI=1S/C30H28ClFN4OS/c31-27-19-28(36-16-14-22(15-17-36)18-21-4-2-1-3-5-21)35-30(34-27)38-20-23-6-8-24(9-7-23)29(37)33-26-12-10-25(32)11-13-26/h1-13,19,22H,14-18,20H2,(H,33,37). The molecular formula is C30H28ClFN4OS. The van der Waals surface area contributed by atoms with Crippen molar-refractivity contribution in [3.63, 3.8) is 0 Å². The molecule has 0 saturated carbocycles. The van der Waals surface area contributed by atoms with Gasteiger partial charge in [-0.15, -0.1) is 0 Å². The molecular weight excluding hydrogens is 519 g/mol. The molecule has 194 valence electrons. The van der Waals surface area contributed by atoms with Gasteiger partial charge in [0.15, 0.2) is 5.16 Å². The van der Waals surface area contributed by atoms with Crippen molar-refractivity contribution in [1.82, 2.24) is 9.97 Å². The summed E-state index contributed by atoms with van der Waals surface area (Å²) in [5.74, 6) is 1.62. The molecule has 0 unspecified atom stereocenters. The molecule has 1 N–H and O–H groups in total. The molecule has 0 radical (unpaired) electrons. The lowest BCUT2D eigenvalue weighted by Crippen LogP contribution is -2.35. The molecule has 2 heterocycles. The number of hydrogen-bond donors (Lipinski definition) is 1. The largest absolute Gasteiger partial charge is 0.356 e. The van der Waals surface area contributed by atoms with Crippen molar-refractivity contribution >= 4 is 40.8 Å². The second-order valence-corrected chi connectivity index (χ2v) is 10.7. The van der Waals surface area contributed by atoms with Crippen LogP contribution in [0.4, 0.5) is 15.9 Å². The molecule has 3 aromatic carbocycles. The Labute approximate surface area is 231 Å². The Morgan fingerprint density at radius 3 is 2.37 bits per heavy atom. The van der Waals surface area contributed by atoms with E-state index in [2.05, 4.69) is 45.5 Å². The zero-order valence-corrected chi connectivity index (χ0v) is 22.4. The maximum atomic E-state index is 13.1. The lowest BCUT2D eigenvalue weighted by molar-refractivity contribution is 0.102. The number of benzene rings is 3. The number of carbonyl (C=O) groups is 1. The number of piperidine rings is 1. The number of carbonyl (C=O) groups excluding carboxylic acids is 1. The Bertz CT molecular complexity index is 1360. The summed E-state index contributed by atoms with van der Waals surface area (Å²) >= 11 is 7.88. The molecule has 0 bridgehead atoms. The van der Waals surface area contributed by atoms with E-state index in [0.29, 0.717) is 33.2 Å². The van der Waals surface area contributed by atoms with E-state index in [1.165, 1.54) is 41.6 Å². The van der Waals surface area contributed by atoms with Crippen LogP contribution in [0.25, 0.3) is 0 Å². The van der Waals surface area contributed by atoms with E-state index in [4.69, 9.17) is 16.6 Å². The Morgan fingerprint density at radius 1 is 0.947 bits per heavy atom. The fourth-order valence-corrected chi connectivity index (χ4v) is 5.60. The van der Waals surface area contributed by atoms with Crippen LogP contribution >= 0.6 is 23.4 Å². The quantitative estimate of drug-likeness (QED) is 0.143. The fourth-order valence-electron chi connectivity index (χ4n) is 4.56. The van der Waals surface area contributed by atoms with Gasteiger partial charge < -0.3 is 10.2 Å². The Kier molecular flexibility index (Phi) is 8.56. The topological polar surface area (TPSA) is 58.1 Å². The third-order valence-corrected chi connectivity index (χ3v) is 7.76. The van der Waals surface area contributed by atoms with Gasteiger partial charge >= 0.3 is 0 Å². The molecule has 0 aliphatic carbocycles. The minimum atomic E-state index is -0.343. The molecule has 5 nitrogen and oxygen atoms in total. The molecule has 4 aromatic rings. The van der Waals surface area contributed by atoms with Crippen molar-refractivity contribution in [2.75, 3.05) is 23.3 Å². The number of amides is 1. The number of nitrogens with zero attached hydrogens (tertiary/aromatic N) is 3. The predicted molar refractivity (Wildman–Crippen MR) is 152 cm³/mol. The lowest BCUT2D eigenvalue weighted by atomic mass is 9.90. The van der Waals surface area contributed by atoms with Crippen molar-refractivity contribution in [2.24, 2.45) is 5.92 Å². The second-order valence-electron chi connectivity index (χ2n) is 9.40. The van der Waals surface area contributed by atoms with E-state index in [-0.39, 0.29) is 11.7 Å². The van der Waals surface area contributed by atoms with Crippen LogP contribution in [0.15, 0.2) is 90.1 Å². The highest BCUT2D eigenvalue weighted by Crippen LogP contribution is 2.29. The summed E-state index contributed by atoms with van der Waals surface area (Å²) in [5, 5.41) is 3.85. The number of halogens is 2. The summed E-state index contributed by atoms with van der Waals surface area (Å²) in [5.41, 5.74) is 3.52. The monoisotopic (exact) mass is 546 g/mol. The fraction of sp³-hybridized carbons (Fsp3) is 0.233. The number of thioether (sulfide) groups is 1. The zero-order chi connectivity index (χ0) is 26.3. The molecule has 5 rings (SSSR count). The Morgan fingerprint density at radius 2 is 1.66 bits per heavy atom. The highest BCUT2D eigenvalue weighted by atomic mass is 35.5. The number of nitrogens with one attached hydrogen (secondary N) is 1. The maximum Gasteiger partial charge on any atom is 0.255 e. The van der Waals surface area contributed by atoms with Gasteiger partial charge in [-0.25, -0.2) is 14.4 Å². The smallest absolute Gasteiger partial charge is 0.255 e. The third kappa shape index (κ3) is 7.11. The summed E-state index contributed by atoms with van der Waals surface area (Å²) in [6, 6.07) is 25.6. The van der Waals surface area contributed by atoms with E-state index in [1.54, 1.807) is 12.1 Å². The second kappa shape index (κ2) is 12.4. The van der Waals surface area contributed by atoms with E-state index < -0.39 is 0 Å². The molecule has 0 spiro atoms. The van der Waals surface area contributed by atoms with E-state index in [9.17, 15) is 9.18 Å². The minimum Gasteiger partial charge on any atom is -0.356 e. The van der Waals surface area contributed by atoms with Gasteiger partial charge in [0, 0.05) is 36.2 Å². The predicted octanol–water partition coefficient (Wildman–Crippen LogP) is 7.27. The average molecular weight is 547 g/mol. The van der Waals surface area contributed by atoms with Crippen molar-refractivity contribution in [2.45, 2.75) is 30.2 Å². The van der Waals surface area contributed by atoms with Crippen LogP contribution in [0, 0.1) is 11.7 Å². The minimum absolute atomic E-state index is 0.244. The van der Waals surface area contributed by atoms with Gasteiger partial charge in [-0.05, 0) is 72.7 Å². The molecule has 1 aliphatic rings. The first-order valence-electron chi connectivity index (χ1n) is 12.6. The van der Waals surface area contributed by atoms with Crippen molar-refractivity contribution in [3.8, 4) is 0 Å². The van der Waals surface area contributed by atoms with Gasteiger partial charge in [-0.3, -0.25) is 4.79 Å². The number of aromatic nitrogens is 2. The van der Waals surface area contributed by atoms with Crippen LogP contribution < -0.4 is 10.2 Å². The number of rotatable bonds is 8. The highest BCUT2D eigenvalue weighted by Gasteiger charge is 2.21. The lowest BCUT2D eigenvalue weighted by Gasteiger charge is -2.33. The van der Waals surface area contributed by atoms with Crippen LogP contribution in [0.3, 0.4) is 0 Å². The van der Waals surface area contributed by atoms with Gasteiger partial charge in [0.05, 0.1) is 0 Å². The van der Waals surface area contributed by atoms with E-state index >= 15 is 0 Å². The molecule has 8 heteroatoms. The van der Waals surface area contributed by atoms with Gasteiger partial charge in [-0.2, -0.15) is 0 Å². The van der Waals surface area contributed by atoms with Crippen molar-refractivity contribution < 1.29 is 9.18 Å². The van der Waals surface area contributed by atoms with E-state index in [0.717, 1.165) is 43.7 Å². The molecule has 1 aliphatic heterocycles. The van der Waals surface area contributed by atoms with E-state index in [1.807, 2.05) is 18.2 Å². The SMILES string of the molecule is O=C(Nc1ccc(F)cc1)c1ccc(CSc2nc(Cl)cc(N3CCC(Cc4ccccc4)CC3)n2)cc1. The average Bonchev–Trinajstić information content (AvgIpc) is 2.94. The summed E-state index contributed by atoms with van der Waals surface area (Å²) in [4.78, 5) is 24.0.